The third kappa shape index (κ3) is 6.62. The van der Waals surface area contributed by atoms with Crippen LogP contribution in [0, 0.1) is 0 Å². The number of sulfonamides is 1. The van der Waals surface area contributed by atoms with E-state index in [0.29, 0.717) is 46.4 Å². The van der Waals surface area contributed by atoms with E-state index >= 15 is 0 Å². The summed E-state index contributed by atoms with van der Waals surface area (Å²) in [4.78, 5) is 15.1. The molecule has 0 fully saturated rings. The molecule has 0 aromatic heterocycles. The highest BCUT2D eigenvalue weighted by Crippen LogP contribution is 2.39. The van der Waals surface area contributed by atoms with E-state index in [1.807, 2.05) is 97.9 Å². The lowest BCUT2D eigenvalue weighted by molar-refractivity contribution is -0.110. The smallest absolute Gasteiger partial charge is 0.258 e. The van der Waals surface area contributed by atoms with Gasteiger partial charge in [0.25, 0.3) is 5.91 Å². The van der Waals surface area contributed by atoms with E-state index in [-0.39, 0.29) is 11.7 Å². The number of rotatable bonds is 10. The second kappa shape index (κ2) is 12.2. The number of nitrogens with one attached hydrogen (secondary N) is 2. The Morgan fingerprint density at radius 3 is 2.17 bits per heavy atom. The zero-order valence-corrected chi connectivity index (χ0v) is 24.4. The standard InChI is InChI=1S/C32H31ClN4O3S/c1-36(2)19-20-37(41(39,40)22-23-9-5-3-6-10-23)27-16-14-26(15-17-27)34-31(24-11-7-4-8-12-24)30-28-18-13-25(33)21-29(28)35-32(30)38/h3-18,21,34H,19-20,22H2,1-2H3,(H,35,38)/b31-30-. The number of likely N-dealkylation sites (N-methyl/N-ethyl adjacent to an activating group) is 1. The summed E-state index contributed by atoms with van der Waals surface area (Å²) >= 11 is 6.17. The molecule has 4 aromatic carbocycles. The van der Waals surface area contributed by atoms with E-state index < -0.39 is 10.0 Å². The third-order valence-corrected chi connectivity index (χ3v) is 8.74. The molecule has 0 atom stereocenters. The topological polar surface area (TPSA) is 81.8 Å². The highest BCUT2D eigenvalue weighted by Gasteiger charge is 2.29. The number of hydrogen-bond donors (Lipinski definition) is 2. The van der Waals surface area contributed by atoms with Crippen LogP contribution in [-0.4, -0.2) is 46.4 Å². The lowest BCUT2D eigenvalue weighted by Gasteiger charge is -2.26. The SMILES string of the molecule is CN(C)CCN(c1ccc(N/C(=C2\C(=O)Nc3cc(Cl)ccc32)c2ccccc2)cc1)S(=O)(=O)Cc1ccccc1. The monoisotopic (exact) mass is 586 g/mol. The van der Waals surface area contributed by atoms with E-state index in [4.69, 9.17) is 11.6 Å². The molecule has 0 aliphatic carbocycles. The summed E-state index contributed by atoms with van der Waals surface area (Å²) in [5.41, 5.74) is 5.40. The minimum absolute atomic E-state index is 0.0932. The first-order chi connectivity index (χ1) is 19.7. The van der Waals surface area contributed by atoms with Crippen molar-refractivity contribution in [1.82, 2.24) is 4.90 Å². The zero-order valence-electron chi connectivity index (χ0n) is 22.8. The number of carbonyl (C=O) groups is 1. The molecule has 41 heavy (non-hydrogen) atoms. The van der Waals surface area contributed by atoms with E-state index in [1.165, 1.54) is 4.31 Å². The molecule has 0 unspecified atom stereocenters. The second-order valence-electron chi connectivity index (χ2n) is 10.0. The summed E-state index contributed by atoms with van der Waals surface area (Å²) in [7, 11) is 0.184. The van der Waals surface area contributed by atoms with Crippen molar-refractivity contribution in [3.8, 4) is 0 Å². The van der Waals surface area contributed by atoms with Crippen LogP contribution in [0.3, 0.4) is 0 Å². The number of amides is 1. The molecule has 0 bridgehead atoms. The fourth-order valence-corrected chi connectivity index (χ4v) is 6.46. The third-order valence-electron chi connectivity index (χ3n) is 6.74. The van der Waals surface area contributed by atoms with Gasteiger partial charge in [0, 0.05) is 29.4 Å². The minimum atomic E-state index is -3.65. The van der Waals surface area contributed by atoms with Crippen LogP contribution in [-0.2, 0) is 20.6 Å². The van der Waals surface area contributed by atoms with Gasteiger partial charge < -0.3 is 15.5 Å². The lowest BCUT2D eigenvalue weighted by atomic mass is 10.00. The van der Waals surface area contributed by atoms with Crippen molar-refractivity contribution in [2.45, 2.75) is 5.75 Å². The highest BCUT2D eigenvalue weighted by atomic mass is 35.5. The van der Waals surface area contributed by atoms with Gasteiger partial charge in [-0.2, -0.15) is 0 Å². The Hall–Kier alpha value is -4.11. The number of nitrogens with zero attached hydrogens (tertiary/aromatic N) is 2. The van der Waals surface area contributed by atoms with Gasteiger partial charge in [-0.05, 0) is 61.6 Å². The Bertz CT molecular complexity index is 1670. The summed E-state index contributed by atoms with van der Waals surface area (Å²) in [5.74, 6) is -0.323. The number of carbonyl (C=O) groups excluding carboxylic acids is 1. The Morgan fingerprint density at radius 1 is 0.854 bits per heavy atom. The van der Waals surface area contributed by atoms with Crippen molar-refractivity contribution in [3.05, 3.63) is 125 Å². The summed E-state index contributed by atoms with van der Waals surface area (Å²) in [6.07, 6.45) is 0. The zero-order chi connectivity index (χ0) is 29.0. The summed E-state index contributed by atoms with van der Waals surface area (Å²) in [6, 6.07) is 31.4. The van der Waals surface area contributed by atoms with Crippen molar-refractivity contribution in [2.75, 3.05) is 42.1 Å². The Kier molecular flexibility index (Phi) is 8.44. The van der Waals surface area contributed by atoms with Crippen molar-refractivity contribution in [2.24, 2.45) is 0 Å². The van der Waals surface area contributed by atoms with Crippen LogP contribution in [0.5, 0.6) is 0 Å². The van der Waals surface area contributed by atoms with Crippen LogP contribution in [0.2, 0.25) is 5.02 Å². The Morgan fingerprint density at radius 2 is 1.51 bits per heavy atom. The van der Waals surface area contributed by atoms with Crippen LogP contribution in [0.15, 0.2) is 103 Å². The average molecular weight is 587 g/mol. The number of hydrogen-bond acceptors (Lipinski definition) is 5. The van der Waals surface area contributed by atoms with Gasteiger partial charge in [-0.3, -0.25) is 9.10 Å². The van der Waals surface area contributed by atoms with Gasteiger partial charge in [0.2, 0.25) is 10.0 Å². The molecule has 0 saturated carbocycles. The van der Waals surface area contributed by atoms with Crippen molar-refractivity contribution in [1.29, 1.82) is 0 Å². The largest absolute Gasteiger partial charge is 0.354 e. The van der Waals surface area contributed by atoms with E-state index in [2.05, 4.69) is 10.6 Å². The molecule has 1 aliphatic rings. The summed E-state index contributed by atoms with van der Waals surface area (Å²) < 4.78 is 28.5. The molecule has 9 heteroatoms. The predicted molar refractivity (Wildman–Crippen MR) is 168 cm³/mol. The highest BCUT2D eigenvalue weighted by molar-refractivity contribution is 7.92. The number of fused-ring (bicyclic) bond motifs is 1. The van der Waals surface area contributed by atoms with Crippen molar-refractivity contribution in [3.63, 3.8) is 0 Å². The molecule has 0 radical (unpaired) electrons. The molecular weight excluding hydrogens is 556 g/mol. The summed E-state index contributed by atoms with van der Waals surface area (Å²) in [6.45, 7) is 0.880. The minimum Gasteiger partial charge on any atom is -0.354 e. The molecule has 1 aliphatic heterocycles. The fourth-order valence-electron chi connectivity index (χ4n) is 4.71. The Balaban J connectivity index is 1.49. The maximum absolute atomic E-state index is 13.5. The van der Waals surface area contributed by atoms with Gasteiger partial charge in [0.05, 0.1) is 28.4 Å². The maximum atomic E-state index is 13.5. The number of anilines is 3. The van der Waals surface area contributed by atoms with E-state index in [1.54, 1.807) is 24.3 Å². The maximum Gasteiger partial charge on any atom is 0.258 e. The number of benzene rings is 4. The quantitative estimate of drug-likeness (QED) is 0.217. The fraction of sp³-hybridized carbons (Fsp3) is 0.156. The molecule has 7 nitrogen and oxygen atoms in total. The van der Waals surface area contributed by atoms with Gasteiger partial charge in [0.15, 0.2) is 0 Å². The van der Waals surface area contributed by atoms with Crippen LogP contribution >= 0.6 is 11.6 Å². The molecule has 0 saturated heterocycles. The van der Waals surface area contributed by atoms with E-state index in [9.17, 15) is 13.2 Å². The van der Waals surface area contributed by atoms with Gasteiger partial charge in [-0.1, -0.05) is 78.3 Å². The molecule has 1 heterocycles. The van der Waals surface area contributed by atoms with Crippen LogP contribution in [0.1, 0.15) is 16.7 Å². The normalized spacial score (nSPS) is 14.0. The van der Waals surface area contributed by atoms with E-state index in [0.717, 1.165) is 16.7 Å². The van der Waals surface area contributed by atoms with Gasteiger partial charge in [0.1, 0.15) is 0 Å². The first kappa shape index (κ1) is 28.4. The second-order valence-corrected chi connectivity index (χ2v) is 12.4. The van der Waals surface area contributed by atoms with Crippen LogP contribution < -0.4 is 14.9 Å². The molecule has 4 aromatic rings. The average Bonchev–Trinajstić information content (AvgIpc) is 3.27. The molecule has 0 spiro atoms. The van der Waals surface area contributed by atoms with Gasteiger partial charge in [-0.15, -0.1) is 0 Å². The van der Waals surface area contributed by atoms with Crippen molar-refractivity contribution >= 4 is 55.9 Å². The molecule has 5 rings (SSSR count). The first-order valence-corrected chi connectivity index (χ1v) is 15.2. The molecule has 210 valence electrons. The number of halogens is 1. The molecule has 1 amide bonds. The van der Waals surface area contributed by atoms with Crippen LogP contribution in [0.4, 0.5) is 17.1 Å². The Labute approximate surface area is 246 Å². The van der Waals surface area contributed by atoms with Crippen LogP contribution in [0.25, 0.3) is 11.3 Å². The predicted octanol–water partition coefficient (Wildman–Crippen LogP) is 6.17. The van der Waals surface area contributed by atoms with Gasteiger partial charge in [-0.25, -0.2) is 8.42 Å². The summed E-state index contributed by atoms with van der Waals surface area (Å²) in [5, 5.41) is 6.88. The van der Waals surface area contributed by atoms with Gasteiger partial charge >= 0.3 is 0 Å². The first-order valence-electron chi connectivity index (χ1n) is 13.2. The molecule has 2 N–H and O–H groups in total. The molecular formula is C32H31ClN4O3S. The lowest BCUT2D eigenvalue weighted by Crippen LogP contribution is -2.37. The van der Waals surface area contributed by atoms with Crippen molar-refractivity contribution < 1.29 is 13.2 Å².